The lowest BCUT2D eigenvalue weighted by atomic mass is 10.1. The Morgan fingerprint density at radius 3 is 2.66 bits per heavy atom. The van der Waals surface area contributed by atoms with Crippen LogP contribution in [0.15, 0.2) is 18.2 Å². The summed E-state index contributed by atoms with van der Waals surface area (Å²) < 4.78 is 10.2. The standard InChI is InChI=1S/C19H21N3O5S2/c1-26-14-9-8-11(22(24)25)10-13(14)20-19(28)21-17-16(18(23)27-2)12-6-4-3-5-7-15(12)29-17/h8-10H,3-7H2,1-2H3,(H2,20,21,28). The largest absolute Gasteiger partial charge is 0.495 e. The van der Waals surface area contributed by atoms with Crippen LogP contribution in [-0.2, 0) is 17.6 Å². The normalized spacial score (nSPS) is 13.0. The Balaban J connectivity index is 1.87. The number of hydrogen-bond acceptors (Lipinski definition) is 7. The minimum Gasteiger partial charge on any atom is -0.495 e. The number of rotatable bonds is 5. The number of nitro benzene ring substituents is 1. The Morgan fingerprint density at radius 2 is 1.97 bits per heavy atom. The van der Waals surface area contributed by atoms with E-state index in [0.29, 0.717) is 22.0 Å². The minimum atomic E-state index is -0.493. The van der Waals surface area contributed by atoms with E-state index in [9.17, 15) is 14.9 Å². The van der Waals surface area contributed by atoms with Gasteiger partial charge in [-0.2, -0.15) is 0 Å². The van der Waals surface area contributed by atoms with Crippen LogP contribution in [0, 0.1) is 10.1 Å². The maximum absolute atomic E-state index is 12.4. The summed E-state index contributed by atoms with van der Waals surface area (Å²) in [7, 11) is 2.83. The molecule has 1 aliphatic rings. The van der Waals surface area contributed by atoms with Crippen molar-refractivity contribution < 1.29 is 19.2 Å². The van der Waals surface area contributed by atoms with Crippen LogP contribution in [0.25, 0.3) is 0 Å². The highest BCUT2D eigenvalue weighted by Crippen LogP contribution is 2.38. The van der Waals surface area contributed by atoms with Crippen molar-refractivity contribution >= 4 is 51.0 Å². The Labute approximate surface area is 177 Å². The molecule has 8 nitrogen and oxygen atoms in total. The first-order valence-corrected chi connectivity index (χ1v) is 10.3. The molecular weight excluding hydrogens is 414 g/mol. The number of carbonyl (C=O) groups is 1. The van der Waals surface area contributed by atoms with Crippen molar-refractivity contribution in [1.29, 1.82) is 0 Å². The fourth-order valence-corrected chi connectivity index (χ4v) is 4.87. The molecular formula is C19H21N3O5S2. The second-order valence-corrected chi connectivity index (χ2v) is 7.99. The molecule has 0 radical (unpaired) electrons. The molecule has 0 unspecified atom stereocenters. The van der Waals surface area contributed by atoms with Crippen LogP contribution < -0.4 is 15.4 Å². The molecule has 0 saturated heterocycles. The minimum absolute atomic E-state index is 0.0887. The lowest BCUT2D eigenvalue weighted by molar-refractivity contribution is -0.384. The van der Waals surface area contributed by atoms with Gasteiger partial charge in [-0.15, -0.1) is 11.3 Å². The number of ether oxygens (including phenoxy) is 2. The summed E-state index contributed by atoms with van der Waals surface area (Å²) in [6, 6.07) is 4.19. The van der Waals surface area contributed by atoms with Crippen molar-refractivity contribution in [1.82, 2.24) is 0 Å². The zero-order valence-electron chi connectivity index (χ0n) is 16.1. The van der Waals surface area contributed by atoms with Gasteiger partial charge in [-0.3, -0.25) is 10.1 Å². The van der Waals surface area contributed by atoms with E-state index in [-0.39, 0.29) is 10.8 Å². The molecule has 3 rings (SSSR count). The first-order chi connectivity index (χ1) is 13.9. The maximum Gasteiger partial charge on any atom is 0.341 e. The molecule has 0 aliphatic heterocycles. The molecule has 1 aromatic carbocycles. The first kappa shape index (κ1) is 21.0. The number of non-ortho nitro benzene ring substituents is 1. The van der Waals surface area contributed by atoms with Crippen molar-refractivity contribution in [2.24, 2.45) is 0 Å². The Kier molecular flexibility index (Phi) is 6.65. The predicted octanol–water partition coefficient (Wildman–Crippen LogP) is 4.53. The molecule has 0 atom stereocenters. The number of hydrogen-bond donors (Lipinski definition) is 2. The summed E-state index contributed by atoms with van der Waals surface area (Å²) in [6.45, 7) is 0. The van der Waals surface area contributed by atoms with Crippen molar-refractivity contribution in [3.8, 4) is 5.75 Å². The van der Waals surface area contributed by atoms with Crippen molar-refractivity contribution in [2.45, 2.75) is 32.1 Å². The second kappa shape index (κ2) is 9.19. The molecule has 10 heteroatoms. The lowest BCUT2D eigenvalue weighted by Gasteiger charge is -2.13. The number of nitrogens with one attached hydrogen (secondary N) is 2. The molecule has 1 aliphatic carbocycles. The number of aryl methyl sites for hydroxylation is 1. The van der Waals surface area contributed by atoms with Crippen molar-refractivity contribution in [2.75, 3.05) is 24.9 Å². The quantitative estimate of drug-likeness (QED) is 0.232. The van der Waals surface area contributed by atoms with Gasteiger partial charge in [0.2, 0.25) is 0 Å². The molecule has 29 heavy (non-hydrogen) atoms. The second-order valence-electron chi connectivity index (χ2n) is 6.48. The Bertz CT molecular complexity index is 958. The van der Waals surface area contributed by atoms with E-state index in [1.165, 1.54) is 48.6 Å². The fourth-order valence-electron chi connectivity index (χ4n) is 3.31. The zero-order chi connectivity index (χ0) is 21.0. The predicted molar refractivity (Wildman–Crippen MR) is 116 cm³/mol. The summed E-state index contributed by atoms with van der Waals surface area (Å²) in [4.78, 5) is 24.2. The van der Waals surface area contributed by atoms with Gasteiger partial charge in [0.1, 0.15) is 10.8 Å². The van der Waals surface area contributed by atoms with Crippen molar-refractivity contribution in [3.05, 3.63) is 44.3 Å². The van der Waals surface area contributed by atoms with Gasteiger partial charge in [0.05, 0.1) is 30.4 Å². The lowest BCUT2D eigenvalue weighted by Crippen LogP contribution is -2.20. The third kappa shape index (κ3) is 4.65. The maximum atomic E-state index is 12.4. The number of fused-ring (bicyclic) bond motifs is 1. The highest BCUT2D eigenvalue weighted by molar-refractivity contribution is 7.80. The van der Waals surface area contributed by atoms with Gasteiger partial charge in [0.15, 0.2) is 5.11 Å². The number of anilines is 2. The van der Waals surface area contributed by atoms with E-state index in [4.69, 9.17) is 21.7 Å². The van der Waals surface area contributed by atoms with Gasteiger partial charge in [0, 0.05) is 17.0 Å². The molecule has 0 amide bonds. The van der Waals surface area contributed by atoms with Crippen LogP contribution in [-0.4, -0.2) is 30.2 Å². The molecule has 1 aromatic heterocycles. The molecule has 0 fully saturated rings. The molecule has 154 valence electrons. The number of thiocarbonyl (C=S) groups is 1. The number of esters is 1. The number of carbonyl (C=O) groups excluding carboxylic acids is 1. The Morgan fingerprint density at radius 1 is 1.21 bits per heavy atom. The van der Waals surface area contributed by atoms with E-state index >= 15 is 0 Å². The monoisotopic (exact) mass is 435 g/mol. The van der Waals surface area contributed by atoms with Gasteiger partial charge in [-0.05, 0) is 49.5 Å². The topological polar surface area (TPSA) is 103 Å². The number of benzene rings is 1. The summed E-state index contributed by atoms with van der Waals surface area (Å²) in [6.07, 6.45) is 5.00. The number of nitro groups is 1. The first-order valence-electron chi connectivity index (χ1n) is 9.08. The average molecular weight is 436 g/mol. The van der Waals surface area contributed by atoms with Crippen LogP contribution >= 0.6 is 23.6 Å². The van der Waals surface area contributed by atoms with Gasteiger partial charge >= 0.3 is 5.97 Å². The van der Waals surface area contributed by atoms with E-state index < -0.39 is 10.9 Å². The molecule has 2 N–H and O–H groups in total. The molecule has 2 aromatic rings. The molecule has 0 bridgehead atoms. The van der Waals surface area contributed by atoms with Crippen LogP contribution in [0.1, 0.15) is 40.1 Å². The third-order valence-corrected chi connectivity index (χ3v) is 6.09. The van der Waals surface area contributed by atoms with Gasteiger partial charge < -0.3 is 20.1 Å². The summed E-state index contributed by atoms with van der Waals surface area (Å²) in [5, 5.41) is 17.9. The van der Waals surface area contributed by atoms with Crippen LogP contribution in [0.4, 0.5) is 16.4 Å². The van der Waals surface area contributed by atoms with Crippen LogP contribution in [0.2, 0.25) is 0 Å². The average Bonchev–Trinajstić information content (AvgIpc) is 2.87. The number of methoxy groups -OCH3 is 2. The Hall–Kier alpha value is -2.72. The fraction of sp³-hybridized carbons (Fsp3) is 0.368. The van der Waals surface area contributed by atoms with Gasteiger partial charge in [0.25, 0.3) is 5.69 Å². The smallest absolute Gasteiger partial charge is 0.341 e. The van der Waals surface area contributed by atoms with Gasteiger partial charge in [-0.1, -0.05) is 6.42 Å². The molecule has 0 saturated carbocycles. The molecule has 1 heterocycles. The van der Waals surface area contributed by atoms with E-state index in [1.54, 1.807) is 0 Å². The van der Waals surface area contributed by atoms with E-state index in [0.717, 1.165) is 37.7 Å². The van der Waals surface area contributed by atoms with E-state index in [2.05, 4.69) is 10.6 Å². The number of thiophene rings is 1. The highest BCUT2D eigenvalue weighted by atomic mass is 32.1. The molecule has 0 spiro atoms. The summed E-state index contributed by atoms with van der Waals surface area (Å²) in [5.41, 5.74) is 1.81. The highest BCUT2D eigenvalue weighted by Gasteiger charge is 2.26. The SMILES string of the molecule is COC(=O)c1c(NC(=S)Nc2cc([N+](=O)[O-])ccc2OC)sc2c1CCCCC2. The summed E-state index contributed by atoms with van der Waals surface area (Å²) in [5.74, 6) is 0.0116. The number of nitrogens with zero attached hydrogens (tertiary/aromatic N) is 1. The third-order valence-electron chi connectivity index (χ3n) is 4.68. The summed E-state index contributed by atoms with van der Waals surface area (Å²) >= 11 is 6.89. The van der Waals surface area contributed by atoms with Crippen LogP contribution in [0.5, 0.6) is 5.75 Å². The van der Waals surface area contributed by atoms with Crippen molar-refractivity contribution in [3.63, 3.8) is 0 Å². The van der Waals surface area contributed by atoms with Gasteiger partial charge in [-0.25, -0.2) is 4.79 Å². The zero-order valence-corrected chi connectivity index (χ0v) is 17.7. The van der Waals surface area contributed by atoms with E-state index in [1.807, 2.05) is 0 Å². The van der Waals surface area contributed by atoms with Crippen LogP contribution in [0.3, 0.4) is 0 Å².